The highest BCUT2D eigenvalue weighted by molar-refractivity contribution is 5.38. The second-order valence-electron chi connectivity index (χ2n) is 3.69. The number of nitrogens with zero attached hydrogens (tertiary/aromatic N) is 1. The van der Waals surface area contributed by atoms with Crippen molar-refractivity contribution in [1.82, 2.24) is 14.9 Å². The third kappa shape index (κ3) is 1.55. The molecule has 5 heteroatoms. The number of H-pyrrole nitrogens is 1. The van der Waals surface area contributed by atoms with Crippen LogP contribution >= 0.6 is 0 Å². The lowest BCUT2D eigenvalue weighted by Gasteiger charge is -2.17. The maximum Gasteiger partial charge on any atom is 0.332 e. The summed E-state index contributed by atoms with van der Waals surface area (Å²) >= 11 is 0. The molecule has 0 unspecified atom stereocenters. The van der Waals surface area contributed by atoms with E-state index in [-0.39, 0.29) is 5.56 Å². The molecule has 0 bridgehead atoms. The molecular weight excluding hydrogens is 194 g/mol. The Labute approximate surface area is 86.4 Å². The van der Waals surface area contributed by atoms with Gasteiger partial charge < -0.3 is 10.3 Å². The first-order valence-electron chi connectivity index (χ1n) is 4.85. The summed E-state index contributed by atoms with van der Waals surface area (Å²) < 4.78 is 1.08. The molecule has 2 heterocycles. The van der Waals surface area contributed by atoms with E-state index in [1.807, 2.05) is 0 Å². The van der Waals surface area contributed by atoms with Crippen LogP contribution in [0, 0.1) is 0 Å². The van der Waals surface area contributed by atoms with Crippen molar-refractivity contribution in [3.8, 4) is 0 Å². The van der Waals surface area contributed by atoms with E-state index in [4.69, 9.17) is 0 Å². The predicted molar refractivity (Wildman–Crippen MR) is 57.7 cm³/mol. The first kappa shape index (κ1) is 9.92. The zero-order valence-corrected chi connectivity index (χ0v) is 8.59. The largest absolute Gasteiger partial charge is 0.332 e. The Hall–Kier alpha value is -1.62. The van der Waals surface area contributed by atoms with Gasteiger partial charge in [-0.05, 0) is 6.92 Å². The zero-order valence-electron chi connectivity index (χ0n) is 8.59. The molecule has 1 aliphatic heterocycles. The third-order valence-corrected chi connectivity index (χ3v) is 2.52. The lowest BCUT2D eigenvalue weighted by atomic mass is 10.1. The highest BCUT2D eigenvalue weighted by Crippen LogP contribution is 2.04. The van der Waals surface area contributed by atoms with Gasteiger partial charge in [0.2, 0.25) is 0 Å². The molecule has 0 aromatic carbocycles. The molecule has 0 amide bonds. The average molecular weight is 207 g/mol. The van der Waals surface area contributed by atoms with Crippen LogP contribution in [-0.2, 0) is 13.0 Å². The molecular formula is C10H13N3O2. The smallest absolute Gasteiger partial charge is 0.312 e. The van der Waals surface area contributed by atoms with Crippen molar-refractivity contribution in [1.29, 1.82) is 0 Å². The van der Waals surface area contributed by atoms with Crippen LogP contribution in [0.4, 0.5) is 0 Å². The van der Waals surface area contributed by atoms with E-state index >= 15 is 0 Å². The second-order valence-corrected chi connectivity index (χ2v) is 3.69. The lowest BCUT2D eigenvalue weighted by molar-refractivity contribution is 0.608. The molecule has 0 fully saturated rings. The Bertz CT molecular complexity index is 524. The third-order valence-electron chi connectivity index (χ3n) is 2.52. The monoisotopic (exact) mass is 207 g/mol. The number of aromatic nitrogens is 2. The van der Waals surface area contributed by atoms with E-state index in [9.17, 15) is 9.59 Å². The minimum absolute atomic E-state index is 0.256. The van der Waals surface area contributed by atoms with Crippen LogP contribution in [0.5, 0.6) is 0 Å². The summed E-state index contributed by atoms with van der Waals surface area (Å²) in [5.74, 6) is 0. The van der Waals surface area contributed by atoms with Crippen molar-refractivity contribution in [2.45, 2.75) is 19.9 Å². The second kappa shape index (κ2) is 3.51. The summed E-state index contributed by atoms with van der Waals surface area (Å²) in [6, 6.07) is 0. The average Bonchev–Trinajstić information content (AvgIpc) is 2.17. The highest BCUT2D eigenvalue weighted by Gasteiger charge is 2.16. The molecule has 0 atom stereocenters. The Morgan fingerprint density at radius 1 is 1.47 bits per heavy atom. The quantitative estimate of drug-likeness (QED) is 0.662. The molecule has 0 saturated heterocycles. The van der Waals surface area contributed by atoms with Crippen LogP contribution in [-0.4, -0.2) is 16.1 Å². The van der Waals surface area contributed by atoms with Gasteiger partial charge in [-0.1, -0.05) is 6.58 Å². The van der Waals surface area contributed by atoms with Crippen molar-refractivity contribution < 1.29 is 0 Å². The van der Waals surface area contributed by atoms with Gasteiger partial charge in [0.1, 0.15) is 0 Å². The number of rotatable bonds is 1. The lowest BCUT2D eigenvalue weighted by Crippen LogP contribution is -2.41. The summed E-state index contributed by atoms with van der Waals surface area (Å²) in [6.07, 6.45) is 0.691. The van der Waals surface area contributed by atoms with E-state index in [0.29, 0.717) is 24.2 Å². The Balaban J connectivity index is 2.76. The standard InChI is InChI=1S/C10H13N3O2/c1-6(2)13-9(14)7-5-11-4-3-8(7)12-10(13)15/h11H,1,3-5H2,2H3,(H,12,15). The van der Waals surface area contributed by atoms with Gasteiger partial charge in [-0.3, -0.25) is 4.79 Å². The molecule has 1 aliphatic rings. The number of aromatic amines is 1. The zero-order chi connectivity index (χ0) is 11.0. The van der Waals surface area contributed by atoms with Crippen LogP contribution < -0.4 is 16.6 Å². The molecule has 1 aromatic rings. The molecule has 2 N–H and O–H groups in total. The topological polar surface area (TPSA) is 66.9 Å². The van der Waals surface area contributed by atoms with E-state index in [1.165, 1.54) is 0 Å². The number of allylic oxidation sites excluding steroid dienone is 1. The molecule has 15 heavy (non-hydrogen) atoms. The molecule has 0 aliphatic carbocycles. The van der Waals surface area contributed by atoms with Crippen molar-refractivity contribution in [3.63, 3.8) is 0 Å². The molecule has 2 rings (SSSR count). The predicted octanol–water partition coefficient (Wildman–Crippen LogP) is -0.327. The normalized spacial score (nSPS) is 14.7. The van der Waals surface area contributed by atoms with E-state index < -0.39 is 5.69 Å². The molecule has 0 spiro atoms. The summed E-state index contributed by atoms with van der Waals surface area (Å²) in [6.45, 7) is 6.56. The van der Waals surface area contributed by atoms with E-state index in [0.717, 1.165) is 16.8 Å². The van der Waals surface area contributed by atoms with Gasteiger partial charge >= 0.3 is 5.69 Å². The van der Waals surface area contributed by atoms with Crippen molar-refractivity contribution in [3.05, 3.63) is 38.7 Å². The van der Waals surface area contributed by atoms with Gasteiger partial charge in [0.25, 0.3) is 5.56 Å². The fourth-order valence-electron chi connectivity index (χ4n) is 1.79. The van der Waals surface area contributed by atoms with Gasteiger partial charge in [-0.2, -0.15) is 0 Å². The maximum atomic E-state index is 11.9. The number of fused-ring (bicyclic) bond motifs is 1. The van der Waals surface area contributed by atoms with Gasteiger partial charge in [0.05, 0.1) is 5.56 Å². The number of hydrogen-bond donors (Lipinski definition) is 2. The fourth-order valence-corrected chi connectivity index (χ4v) is 1.79. The summed E-state index contributed by atoms with van der Waals surface area (Å²) in [7, 11) is 0. The van der Waals surface area contributed by atoms with Gasteiger partial charge in [-0.25, -0.2) is 9.36 Å². The summed E-state index contributed by atoms with van der Waals surface area (Å²) in [5, 5.41) is 3.10. The van der Waals surface area contributed by atoms with Crippen molar-refractivity contribution in [2.75, 3.05) is 6.54 Å². The van der Waals surface area contributed by atoms with E-state index in [2.05, 4.69) is 16.9 Å². The summed E-state index contributed by atoms with van der Waals surface area (Å²) in [5.41, 5.74) is 1.18. The minimum Gasteiger partial charge on any atom is -0.312 e. The first-order valence-corrected chi connectivity index (χ1v) is 4.85. The van der Waals surface area contributed by atoms with Crippen LogP contribution in [0.2, 0.25) is 0 Å². The first-order chi connectivity index (χ1) is 7.11. The fraction of sp³-hybridized carbons (Fsp3) is 0.400. The Morgan fingerprint density at radius 3 is 2.87 bits per heavy atom. The Kier molecular flexibility index (Phi) is 2.32. The highest BCUT2D eigenvalue weighted by atomic mass is 16.2. The Morgan fingerprint density at radius 2 is 2.20 bits per heavy atom. The molecule has 80 valence electrons. The minimum atomic E-state index is -0.395. The van der Waals surface area contributed by atoms with Gasteiger partial charge in [0.15, 0.2) is 0 Å². The molecule has 0 saturated carbocycles. The number of nitrogens with one attached hydrogen (secondary N) is 2. The number of hydrogen-bond acceptors (Lipinski definition) is 3. The van der Waals surface area contributed by atoms with E-state index in [1.54, 1.807) is 6.92 Å². The van der Waals surface area contributed by atoms with Crippen LogP contribution in [0.25, 0.3) is 5.70 Å². The molecule has 5 nitrogen and oxygen atoms in total. The summed E-state index contributed by atoms with van der Waals surface area (Å²) in [4.78, 5) is 26.2. The van der Waals surface area contributed by atoms with Crippen LogP contribution in [0.1, 0.15) is 18.2 Å². The SMILES string of the molecule is C=C(C)n1c(=O)[nH]c2c(c1=O)CNCC2. The van der Waals surface area contributed by atoms with Gasteiger partial charge in [-0.15, -0.1) is 0 Å². The van der Waals surface area contributed by atoms with Crippen molar-refractivity contribution >= 4 is 5.70 Å². The van der Waals surface area contributed by atoms with Crippen LogP contribution in [0.15, 0.2) is 16.2 Å². The van der Waals surface area contributed by atoms with Crippen molar-refractivity contribution in [2.24, 2.45) is 0 Å². The van der Waals surface area contributed by atoms with Crippen LogP contribution in [0.3, 0.4) is 0 Å². The maximum absolute atomic E-state index is 11.9. The van der Waals surface area contributed by atoms with Gasteiger partial charge in [0, 0.05) is 30.9 Å². The molecule has 0 radical (unpaired) electrons. The molecule has 1 aromatic heterocycles.